The summed E-state index contributed by atoms with van der Waals surface area (Å²) >= 11 is 6.45. The minimum absolute atomic E-state index is 0.0571. The van der Waals surface area contributed by atoms with E-state index in [1.54, 1.807) is 11.9 Å². The van der Waals surface area contributed by atoms with Crippen LogP contribution in [-0.4, -0.2) is 16.2 Å². The molecule has 0 amide bonds. The summed E-state index contributed by atoms with van der Waals surface area (Å²) in [6.45, 7) is 4.33. The van der Waals surface area contributed by atoms with E-state index < -0.39 is 0 Å². The molecule has 0 aromatic rings. The molecule has 0 aromatic heterocycles. The highest BCUT2D eigenvalue weighted by atomic mass is 32.2. The Kier molecular flexibility index (Phi) is 2.80. The molecular formula is C11H15NS2. The van der Waals surface area contributed by atoms with Crippen molar-refractivity contribution in [3.63, 3.8) is 0 Å². The first kappa shape index (κ1) is 10.4. The zero-order valence-electron chi connectivity index (χ0n) is 8.53. The third kappa shape index (κ3) is 1.68. The molecule has 2 rings (SSSR count). The average molecular weight is 225 g/mol. The molecular weight excluding hydrogens is 210 g/mol. The first-order valence-corrected chi connectivity index (χ1v) is 6.28. The lowest BCUT2D eigenvalue weighted by Crippen LogP contribution is -2.35. The van der Waals surface area contributed by atoms with E-state index in [0.29, 0.717) is 5.92 Å². The van der Waals surface area contributed by atoms with Crippen molar-refractivity contribution < 1.29 is 0 Å². The van der Waals surface area contributed by atoms with Gasteiger partial charge in [-0.15, -0.1) is 0 Å². The number of nitrogens with zero attached hydrogens (tertiary/aromatic N) is 1. The molecule has 0 N–H and O–H groups in total. The van der Waals surface area contributed by atoms with Gasteiger partial charge in [0.2, 0.25) is 0 Å². The van der Waals surface area contributed by atoms with Crippen LogP contribution in [0.3, 0.4) is 0 Å². The van der Waals surface area contributed by atoms with Crippen LogP contribution in [0.2, 0.25) is 0 Å². The molecule has 1 nitrogen and oxygen atoms in total. The van der Waals surface area contributed by atoms with Crippen LogP contribution in [0.25, 0.3) is 0 Å². The first-order chi connectivity index (χ1) is 6.62. The Morgan fingerprint density at radius 1 is 1.64 bits per heavy atom. The standard InChI is InChI=1S/C11H15NS2/c1-8-4-3-5-9(11(8,2)13)10-6-7-14-12-10/h3-5,9,13H,6-7H2,1-2H3. The summed E-state index contributed by atoms with van der Waals surface area (Å²) in [6.07, 6.45) is 7.61. The maximum Gasteiger partial charge on any atom is 0.0425 e. The Hall–Kier alpha value is -0.150. The highest BCUT2D eigenvalue weighted by molar-refractivity contribution is 7.98. The molecule has 14 heavy (non-hydrogen) atoms. The predicted molar refractivity (Wildman–Crippen MR) is 68.3 cm³/mol. The Bertz CT molecular complexity index is 326. The van der Waals surface area contributed by atoms with Crippen molar-refractivity contribution in [1.29, 1.82) is 0 Å². The normalized spacial score (nSPS) is 36.9. The molecule has 1 aliphatic heterocycles. The second kappa shape index (κ2) is 3.78. The van der Waals surface area contributed by atoms with Crippen LogP contribution in [-0.2, 0) is 0 Å². The average Bonchev–Trinajstić information content (AvgIpc) is 2.62. The molecule has 2 unspecified atom stereocenters. The number of thiol groups is 1. The van der Waals surface area contributed by atoms with Crippen molar-refractivity contribution in [2.75, 3.05) is 5.75 Å². The maximum atomic E-state index is 4.77. The molecule has 0 saturated carbocycles. The molecule has 0 spiro atoms. The van der Waals surface area contributed by atoms with Crippen LogP contribution in [0.1, 0.15) is 20.3 Å². The second-order valence-corrected chi connectivity index (χ2v) is 5.80. The Morgan fingerprint density at radius 3 is 3.07 bits per heavy atom. The predicted octanol–water partition coefficient (Wildman–Crippen LogP) is 3.30. The van der Waals surface area contributed by atoms with Gasteiger partial charge in [-0.05, 0) is 32.2 Å². The fourth-order valence-corrected chi connectivity index (χ4v) is 2.96. The van der Waals surface area contributed by atoms with Gasteiger partial charge in [-0.2, -0.15) is 12.6 Å². The number of hydrogen-bond donors (Lipinski definition) is 1. The van der Waals surface area contributed by atoms with E-state index in [4.69, 9.17) is 12.6 Å². The molecule has 2 atom stereocenters. The van der Waals surface area contributed by atoms with E-state index in [0.717, 1.165) is 12.2 Å². The monoisotopic (exact) mass is 225 g/mol. The van der Waals surface area contributed by atoms with Crippen molar-refractivity contribution in [3.8, 4) is 0 Å². The minimum atomic E-state index is -0.0571. The van der Waals surface area contributed by atoms with E-state index in [-0.39, 0.29) is 4.75 Å². The second-order valence-electron chi connectivity index (χ2n) is 4.03. The van der Waals surface area contributed by atoms with E-state index in [2.05, 4.69) is 36.5 Å². The summed E-state index contributed by atoms with van der Waals surface area (Å²) in [7, 11) is 0. The SMILES string of the molecule is CC1=CC=CC(C2=NSCC2)C1(C)S. The first-order valence-electron chi connectivity index (χ1n) is 4.89. The van der Waals surface area contributed by atoms with E-state index >= 15 is 0 Å². The molecule has 1 aliphatic carbocycles. The largest absolute Gasteiger partial charge is 0.225 e. The third-order valence-corrected chi connectivity index (χ3v) is 4.43. The molecule has 0 saturated heterocycles. The lowest BCUT2D eigenvalue weighted by Gasteiger charge is -2.34. The zero-order chi connectivity index (χ0) is 10.2. The van der Waals surface area contributed by atoms with E-state index in [9.17, 15) is 0 Å². The van der Waals surface area contributed by atoms with E-state index in [1.165, 1.54) is 11.3 Å². The van der Waals surface area contributed by atoms with Crippen LogP contribution >= 0.6 is 24.6 Å². The number of hydrogen-bond acceptors (Lipinski definition) is 3. The third-order valence-electron chi connectivity index (χ3n) is 3.04. The van der Waals surface area contributed by atoms with Gasteiger partial charge in [0.1, 0.15) is 0 Å². The Balaban J connectivity index is 2.28. The summed E-state index contributed by atoms with van der Waals surface area (Å²) in [5.74, 6) is 1.51. The Labute approximate surface area is 95.3 Å². The highest BCUT2D eigenvalue weighted by Crippen LogP contribution is 2.39. The van der Waals surface area contributed by atoms with Crippen LogP contribution in [0.4, 0.5) is 0 Å². The van der Waals surface area contributed by atoms with Crippen LogP contribution < -0.4 is 0 Å². The zero-order valence-corrected chi connectivity index (χ0v) is 10.2. The molecule has 76 valence electrons. The lowest BCUT2D eigenvalue weighted by molar-refractivity contribution is 0.652. The van der Waals surface area contributed by atoms with Gasteiger partial charge in [-0.25, -0.2) is 4.40 Å². The quantitative estimate of drug-likeness (QED) is 0.533. The summed E-state index contributed by atoms with van der Waals surface area (Å²) < 4.78 is 4.44. The maximum absolute atomic E-state index is 4.77. The van der Waals surface area contributed by atoms with Crippen molar-refractivity contribution in [3.05, 3.63) is 23.8 Å². The fraction of sp³-hybridized carbons (Fsp3) is 0.545. The highest BCUT2D eigenvalue weighted by Gasteiger charge is 2.36. The molecule has 0 fully saturated rings. The van der Waals surface area contributed by atoms with Crippen molar-refractivity contribution >= 4 is 30.3 Å². The fourth-order valence-electron chi connectivity index (χ4n) is 1.88. The molecule has 0 radical (unpaired) electrons. The number of allylic oxidation sites excluding steroid dienone is 3. The van der Waals surface area contributed by atoms with Gasteiger partial charge in [0.05, 0.1) is 0 Å². The van der Waals surface area contributed by atoms with Gasteiger partial charge in [0, 0.05) is 22.1 Å². The van der Waals surface area contributed by atoms with Gasteiger partial charge in [-0.3, -0.25) is 0 Å². The number of rotatable bonds is 1. The summed E-state index contributed by atoms with van der Waals surface area (Å²) in [6, 6.07) is 0. The molecule has 0 aromatic carbocycles. The summed E-state index contributed by atoms with van der Waals surface area (Å²) in [5, 5.41) is 0. The van der Waals surface area contributed by atoms with Crippen molar-refractivity contribution in [2.45, 2.75) is 25.0 Å². The van der Waals surface area contributed by atoms with Gasteiger partial charge in [-0.1, -0.05) is 23.8 Å². The summed E-state index contributed by atoms with van der Waals surface area (Å²) in [4.78, 5) is 0. The topological polar surface area (TPSA) is 12.4 Å². The minimum Gasteiger partial charge on any atom is -0.225 e. The smallest absolute Gasteiger partial charge is 0.0425 e. The van der Waals surface area contributed by atoms with Crippen molar-refractivity contribution in [2.24, 2.45) is 10.3 Å². The van der Waals surface area contributed by atoms with Gasteiger partial charge in [0.15, 0.2) is 0 Å². The van der Waals surface area contributed by atoms with Crippen LogP contribution in [0, 0.1) is 5.92 Å². The van der Waals surface area contributed by atoms with Crippen molar-refractivity contribution in [1.82, 2.24) is 0 Å². The van der Waals surface area contributed by atoms with Gasteiger partial charge < -0.3 is 0 Å². The molecule has 0 bridgehead atoms. The Morgan fingerprint density at radius 2 is 2.43 bits per heavy atom. The van der Waals surface area contributed by atoms with Gasteiger partial charge >= 0.3 is 0 Å². The molecule has 3 heteroatoms. The van der Waals surface area contributed by atoms with Crippen LogP contribution in [0.15, 0.2) is 28.2 Å². The van der Waals surface area contributed by atoms with E-state index in [1.807, 2.05) is 0 Å². The van der Waals surface area contributed by atoms with Gasteiger partial charge in [0.25, 0.3) is 0 Å². The van der Waals surface area contributed by atoms with Crippen LogP contribution in [0.5, 0.6) is 0 Å². The summed E-state index contributed by atoms with van der Waals surface area (Å²) in [5.41, 5.74) is 2.63. The molecule has 1 heterocycles. The molecule has 2 aliphatic rings. The lowest BCUT2D eigenvalue weighted by atomic mass is 9.79.